The van der Waals surface area contributed by atoms with Gasteiger partial charge in [0.25, 0.3) is 0 Å². The summed E-state index contributed by atoms with van der Waals surface area (Å²) in [5.41, 5.74) is 16.3. The SMILES string of the molecule is c1ccc(-c2cccc(N(c3cccc(-c4cccc(-c5cccc6c5c5ccccc5n6-c5ccccc5)c4)c3)c3ccccc3-c3ccccc3)c2)cc1. The fourth-order valence-electron chi connectivity index (χ4n) is 8.22. The Labute approximate surface area is 327 Å². The molecule has 0 radical (unpaired) electrons. The Kier molecular flexibility index (Phi) is 8.55. The minimum atomic E-state index is 1.09. The molecule has 0 bridgehead atoms. The highest BCUT2D eigenvalue weighted by molar-refractivity contribution is 6.15. The third-order valence-corrected chi connectivity index (χ3v) is 10.8. The number of benzene rings is 9. The summed E-state index contributed by atoms with van der Waals surface area (Å²) in [6.07, 6.45) is 0. The fourth-order valence-corrected chi connectivity index (χ4v) is 8.22. The van der Waals surface area contributed by atoms with E-state index in [0.29, 0.717) is 0 Å². The highest BCUT2D eigenvalue weighted by atomic mass is 15.1. The summed E-state index contributed by atoms with van der Waals surface area (Å²) >= 11 is 0. The van der Waals surface area contributed by atoms with Crippen molar-refractivity contribution in [3.63, 3.8) is 0 Å². The van der Waals surface area contributed by atoms with Crippen molar-refractivity contribution in [2.24, 2.45) is 0 Å². The van der Waals surface area contributed by atoms with Crippen LogP contribution in [0, 0.1) is 0 Å². The Morgan fingerprint density at radius 2 is 0.786 bits per heavy atom. The van der Waals surface area contributed by atoms with Crippen LogP contribution in [0.15, 0.2) is 231 Å². The zero-order chi connectivity index (χ0) is 37.3. The van der Waals surface area contributed by atoms with Crippen molar-refractivity contribution in [3.8, 4) is 50.2 Å². The monoisotopic (exact) mass is 714 g/mol. The topological polar surface area (TPSA) is 8.17 Å². The average molecular weight is 715 g/mol. The Bertz CT molecular complexity index is 2960. The first-order valence-corrected chi connectivity index (χ1v) is 19.2. The number of fused-ring (bicyclic) bond motifs is 3. The Balaban J connectivity index is 1.12. The number of rotatable bonds is 8. The molecule has 0 saturated carbocycles. The molecule has 0 fully saturated rings. The van der Waals surface area contributed by atoms with E-state index >= 15 is 0 Å². The largest absolute Gasteiger partial charge is 0.310 e. The normalized spacial score (nSPS) is 11.2. The lowest BCUT2D eigenvalue weighted by Crippen LogP contribution is -2.11. The predicted molar refractivity (Wildman–Crippen MR) is 237 cm³/mol. The van der Waals surface area contributed by atoms with E-state index in [0.717, 1.165) is 28.3 Å². The molecule has 10 rings (SSSR count). The third-order valence-electron chi connectivity index (χ3n) is 10.8. The molecule has 0 N–H and O–H groups in total. The summed E-state index contributed by atoms with van der Waals surface area (Å²) in [6, 6.07) is 83.0. The molecule has 0 aliphatic carbocycles. The Morgan fingerprint density at radius 1 is 0.304 bits per heavy atom. The number of anilines is 3. The molecule has 0 aliphatic heterocycles. The molecule has 56 heavy (non-hydrogen) atoms. The van der Waals surface area contributed by atoms with Gasteiger partial charge in [-0.2, -0.15) is 0 Å². The average Bonchev–Trinajstić information content (AvgIpc) is 3.63. The molecule has 9 aromatic carbocycles. The van der Waals surface area contributed by atoms with E-state index in [1.807, 2.05) is 0 Å². The maximum atomic E-state index is 2.40. The maximum Gasteiger partial charge on any atom is 0.0547 e. The van der Waals surface area contributed by atoms with E-state index in [9.17, 15) is 0 Å². The van der Waals surface area contributed by atoms with Gasteiger partial charge in [0.05, 0.1) is 16.7 Å². The van der Waals surface area contributed by atoms with Gasteiger partial charge in [0.1, 0.15) is 0 Å². The maximum absolute atomic E-state index is 2.40. The number of hydrogen-bond donors (Lipinski definition) is 0. The highest BCUT2D eigenvalue weighted by Crippen LogP contribution is 2.44. The second-order valence-electron chi connectivity index (χ2n) is 14.2. The van der Waals surface area contributed by atoms with Crippen LogP contribution in [0.3, 0.4) is 0 Å². The van der Waals surface area contributed by atoms with Gasteiger partial charge >= 0.3 is 0 Å². The number of hydrogen-bond acceptors (Lipinski definition) is 1. The Morgan fingerprint density at radius 3 is 1.52 bits per heavy atom. The van der Waals surface area contributed by atoms with Crippen molar-refractivity contribution in [1.82, 2.24) is 4.57 Å². The third kappa shape index (κ3) is 6.04. The molecule has 2 nitrogen and oxygen atoms in total. The molecule has 0 aliphatic rings. The molecule has 264 valence electrons. The molecule has 1 aromatic heterocycles. The van der Waals surface area contributed by atoms with Crippen molar-refractivity contribution < 1.29 is 0 Å². The van der Waals surface area contributed by atoms with Gasteiger partial charge in [0, 0.05) is 33.4 Å². The van der Waals surface area contributed by atoms with Gasteiger partial charge in [-0.1, -0.05) is 170 Å². The first kappa shape index (κ1) is 33.2. The predicted octanol–water partition coefficient (Wildman–Crippen LogP) is 14.9. The van der Waals surface area contributed by atoms with Gasteiger partial charge in [-0.25, -0.2) is 0 Å². The lowest BCUT2D eigenvalue weighted by molar-refractivity contribution is 1.18. The minimum absolute atomic E-state index is 1.09. The molecule has 0 atom stereocenters. The highest BCUT2D eigenvalue weighted by Gasteiger charge is 2.19. The van der Waals surface area contributed by atoms with Crippen LogP contribution in [0.25, 0.3) is 72.0 Å². The summed E-state index contributed by atoms with van der Waals surface area (Å²) in [6.45, 7) is 0. The van der Waals surface area contributed by atoms with Gasteiger partial charge in [0.2, 0.25) is 0 Å². The van der Waals surface area contributed by atoms with E-state index in [1.54, 1.807) is 0 Å². The molecule has 1 heterocycles. The lowest BCUT2D eigenvalue weighted by Gasteiger charge is -2.28. The van der Waals surface area contributed by atoms with Crippen LogP contribution in [0.1, 0.15) is 0 Å². The van der Waals surface area contributed by atoms with E-state index in [2.05, 4.69) is 240 Å². The Hall–Kier alpha value is -7.42. The van der Waals surface area contributed by atoms with Crippen molar-refractivity contribution in [3.05, 3.63) is 231 Å². The van der Waals surface area contributed by atoms with Crippen LogP contribution in [0.2, 0.25) is 0 Å². The fraction of sp³-hybridized carbons (Fsp3) is 0. The molecular weight excluding hydrogens is 677 g/mol. The van der Waals surface area contributed by atoms with Crippen molar-refractivity contribution >= 4 is 38.9 Å². The lowest BCUT2D eigenvalue weighted by atomic mass is 9.95. The molecular formula is C54H38N2. The van der Waals surface area contributed by atoms with E-state index < -0.39 is 0 Å². The van der Waals surface area contributed by atoms with Crippen LogP contribution in [-0.2, 0) is 0 Å². The van der Waals surface area contributed by atoms with Gasteiger partial charge in [-0.05, 0) is 99.6 Å². The van der Waals surface area contributed by atoms with Crippen molar-refractivity contribution in [1.29, 1.82) is 0 Å². The van der Waals surface area contributed by atoms with Gasteiger partial charge in [-0.15, -0.1) is 0 Å². The van der Waals surface area contributed by atoms with Gasteiger partial charge in [0.15, 0.2) is 0 Å². The van der Waals surface area contributed by atoms with Crippen LogP contribution in [-0.4, -0.2) is 4.57 Å². The second-order valence-corrected chi connectivity index (χ2v) is 14.2. The van der Waals surface area contributed by atoms with Crippen molar-refractivity contribution in [2.75, 3.05) is 4.90 Å². The first-order chi connectivity index (χ1) is 27.8. The second kappa shape index (κ2) is 14.4. The molecule has 0 unspecified atom stereocenters. The smallest absolute Gasteiger partial charge is 0.0547 e. The van der Waals surface area contributed by atoms with Crippen molar-refractivity contribution in [2.45, 2.75) is 0 Å². The number of para-hydroxylation sites is 3. The molecule has 0 spiro atoms. The summed E-state index contributed by atoms with van der Waals surface area (Å²) in [4.78, 5) is 2.40. The van der Waals surface area contributed by atoms with Crippen LogP contribution >= 0.6 is 0 Å². The molecule has 2 heteroatoms. The summed E-state index contributed by atoms with van der Waals surface area (Å²) < 4.78 is 2.39. The minimum Gasteiger partial charge on any atom is -0.310 e. The van der Waals surface area contributed by atoms with E-state index in [1.165, 1.54) is 60.8 Å². The molecule has 0 saturated heterocycles. The zero-order valence-corrected chi connectivity index (χ0v) is 30.8. The van der Waals surface area contributed by atoms with Crippen LogP contribution in [0.4, 0.5) is 17.1 Å². The first-order valence-electron chi connectivity index (χ1n) is 19.2. The summed E-state index contributed by atoms with van der Waals surface area (Å²) in [7, 11) is 0. The zero-order valence-electron chi connectivity index (χ0n) is 30.8. The number of nitrogens with zero attached hydrogens (tertiary/aromatic N) is 2. The van der Waals surface area contributed by atoms with E-state index in [-0.39, 0.29) is 0 Å². The standard InChI is InChI=1S/C54H38N2/c1-4-18-39(19-5-1)42-23-15-28-46(37-42)55(51-33-12-10-30-48(51)40-20-6-2-7-21-40)47-29-16-24-43(38-47)41-22-14-25-44(36-41)49-32-17-35-53-54(49)50-31-11-13-34-52(50)56(53)45-26-8-3-9-27-45/h1-38H. The summed E-state index contributed by atoms with van der Waals surface area (Å²) in [5.74, 6) is 0. The van der Waals surface area contributed by atoms with Gasteiger partial charge < -0.3 is 9.47 Å². The quantitative estimate of drug-likeness (QED) is 0.152. The van der Waals surface area contributed by atoms with Crippen LogP contribution < -0.4 is 4.90 Å². The molecule has 0 amide bonds. The molecule has 10 aromatic rings. The van der Waals surface area contributed by atoms with Gasteiger partial charge in [-0.3, -0.25) is 0 Å². The summed E-state index contributed by atoms with van der Waals surface area (Å²) in [5, 5.41) is 2.51. The van der Waals surface area contributed by atoms with E-state index in [4.69, 9.17) is 0 Å². The number of aromatic nitrogens is 1. The van der Waals surface area contributed by atoms with Crippen LogP contribution in [0.5, 0.6) is 0 Å².